The highest BCUT2D eigenvalue weighted by molar-refractivity contribution is 7.91. The van der Waals surface area contributed by atoms with Gasteiger partial charge in [0.15, 0.2) is 9.84 Å². The molecule has 4 aromatic rings. The smallest absolute Gasteiger partial charge is 0.394 e. The average molecular weight is 658 g/mol. The Morgan fingerprint density at radius 1 is 0.978 bits per heavy atom. The minimum Gasteiger partial charge on any atom is -0.394 e. The second-order valence-corrected chi connectivity index (χ2v) is 14.6. The number of nitrogens with zero attached hydrogens (tertiary/aromatic N) is 1. The molecule has 1 heterocycles. The molecule has 6 nitrogen and oxygen atoms in total. The van der Waals surface area contributed by atoms with Crippen LogP contribution in [0.5, 0.6) is 0 Å². The molecule has 2 N–H and O–H groups in total. The van der Waals surface area contributed by atoms with E-state index in [-0.39, 0.29) is 33.2 Å². The van der Waals surface area contributed by atoms with Crippen LogP contribution in [0.15, 0.2) is 71.6 Å². The van der Waals surface area contributed by atoms with Gasteiger partial charge in [-0.25, -0.2) is 8.42 Å². The van der Waals surface area contributed by atoms with E-state index in [9.17, 15) is 31.5 Å². The lowest BCUT2D eigenvalue weighted by atomic mass is 9.41. The number of sulfone groups is 1. The quantitative estimate of drug-likeness (QED) is 0.202. The first-order valence-electron chi connectivity index (χ1n) is 14.2. The van der Waals surface area contributed by atoms with E-state index < -0.39 is 50.9 Å². The zero-order valence-corrected chi connectivity index (χ0v) is 27.0. The summed E-state index contributed by atoms with van der Waals surface area (Å²) in [6.07, 6.45) is -4.84. The summed E-state index contributed by atoms with van der Waals surface area (Å²) in [5.74, 6) is -0.612. The monoisotopic (exact) mass is 658 g/mol. The van der Waals surface area contributed by atoms with Crippen LogP contribution in [0, 0.1) is 0 Å². The van der Waals surface area contributed by atoms with Gasteiger partial charge in [-0.2, -0.15) is 13.2 Å². The van der Waals surface area contributed by atoms with Gasteiger partial charge in [-0.05, 0) is 59.7 Å². The molecule has 0 saturated carbocycles. The maximum absolute atomic E-state index is 15.6. The van der Waals surface area contributed by atoms with Crippen LogP contribution in [-0.2, 0) is 27.8 Å². The molecule has 1 aromatic heterocycles. The van der Waals surface area contributed by atoms with Gasteiger partial charge >= 0.3 is 6.18 Å². The summed E-state index contributed by atoms with van der Waals surface area (Å²) in [7, 11) is 2.68. The Balaban J connectivity index is 1.74. The van der Waals surface area contributed by atoms with Gasteiger partial charge in [-0.1, -0.05) is 36.7 Å². The molecule has 1 amide bonds. The van der Waals surface area contributed by atoms with Crippen molar-refractivity contribution in [2.24, 2.45) is 0 Å². The molecule has 0 unspecified atom stereocenters. The summed E-state index contributed by atoms with van der Waals surface area (Å²) in [5, 5.41) is 12.0. The summed E-state index contributed by atoms with van der Waals surface area (Å²) in [5.41, 5.74) is -1.10. The lowest BCUT2D eigenvalue weighted by molar-refractivity contribution is -0.138. The van der Waals surface area contributed by atoms with E-state index in [0.717, 1.165) is 6.07 Å². The SMILES string of the molecule is BC(B)(F)C(B)(B)n1c(Cc2ccc(Cl)cc2C(F)(F)F)cc2cc(C(=O)N[C@@H](CO)c3ccc(S(=O)(=O)CC)cc3)ccc21. The topological polar surface area (TPSA) is 88.4 Å². The number of carbonyl (C=O) groups is 1. The maximum atomic E-state index is 15.6. The largest absolute Gasteiger partial charge is 0.416 e. The molecule has 234 valence electrons. The molecular weight excluding hydrogens is 627 g/mol. The number of aromatic nitrogens is 1. The van der Waals surface area contributed by atoms with Crippen molar-refractivity contribution in [2.45, 2.75) is 41.3 Å². The molecule has 0 aliphatic heterocycles. The van der Waals surface area contributed by atoms with Crippen molar-refractivity contribution in [1.29, 1.82) is 0 Å². The molecule has 1 atom stereocenters. The second kappa shape index (κ2) is 12.6. The molecule has 4 rings (SSSR count). The number of halogens is 5. The molecule has 0 fully saturated rings. The van der Waals surface area contributed by atoms with Crippen LogP contribution in [0.1, 0.15) is 45.7 Å². The van der Waals surface area contributed by atoms with Crippen molar-refractivity contribution in [3.05, 3.63) is 99.7 Å². The van der Waals surface area contributed by atoms with Gasteiger partial charge < -0.3 is 15.0 Å². The van der Waals surface area contributed by atoms with Gasteiger partial charge in [0.1, 0.15) is 31.4 Å². The molecule has 0 aliphatic rings. The Morgan fingerprint density at radius 3 is 2.18 bits per heavy atom. The number of nitrogens with one attached hydrogen (secondary N) is 1. The Hall–Kier alpha value is -3.15. The van der Waals surface area contributed by atoms with Gasteiger partial charge in [-0.3, -0.25) is 9.18 Å². The third-order valence-electron chi connectivity index (χ3n) is 8.41. The van der Waals surface area contributed by atoms with Gasteiger partial charge in [0, 0.05) is 38.9 Å². The van der Waals surface area contributed by atoms with Gasteiger partial charge in [0.05, 0.1) is 34.3 Å². The number of hydrogen-bond donors (Lipinski definition) is 2. The van der Waals surface area contributed by atoms with Crippen molar-refractivity contribution >= 4 is 69.6 Å². The number of alkyl halides is 4. The molecule has 3 aromatic carbocycles. The van der Waals surface area contributed by atoms with Crippen molar-refractivity contribution in [1.82, 2.24) is 9.88 Å². The number of benzene rings is 3. The van der Waals surface area contributed by atoms with Gasteiger partial charge in [0.2, 0.25) is 0 Å². The van der Waals surface area contributed by atoms with Crippen LogP contribution in [0.2, 0.25) is 5.02 Å². The highest BCUT2D eigenvalue weighted by Crippen LogP contribution is 2.37. The lowest BCUT2D eigenvalue weighted by Crippen LogP contribution is -2.55. The van der Waals surface area contributed by atoms with Crippen LogP contribution in [0.25, 0.3) is 10.9 Å². The summed E-state index contributed by atoms with van der Waals surface area (Å²) in [6, 6.07) is 14.9. The molecular formula is C29H31B4ClF4N2O4S. The molecule has 0 aliphatic carbocycles. The Kier molecular flexibility index (Phi) is 9.69. The highest BCUT2D eigenvalue weighted by atomic mass is 35.5. The summed E-state index contributed by atoms with van der Waals surface area (Å²) >= 11 is 5.88. The minimum absolute atomic E-state index is 0.0371. The first-order chi connectivity index (χ1) is 20.8. The van der Waals surface area contributed by atoms with E-state index in [1.54, 1.807) is 38.5 Å². The third-order valence-corrected chi connectivity index (χ3v) is 10.4. The summed E-state index contributed by atoms with van der Waals surface area (Å²) < 4.78 is 83.4. The van der Waals surface area contributed by atoms with Gasteiger partial charge in [-0.15, -0.1) is 0 Å². The number of hydrogen-bond acceptors (Lipinski definition) is 4. The highest BCUT2D eigenvalue weighted by Gasteiger charge is 2.40. The number of amides is 1. The molecule has 16 heteroatoms. The van der Waals surface area contributed by atoms with E-state index in [0.29, 0.717) is 22.2 Å². The second-order valence-electron chi connectivity index (χ2n) is 11.9. The fraction of sp³-hybridized carbons (Fsp3) is 0.276. The first kappa shape index (κ1) is 34.7. The number of aliphatic hydroxyl groups is 1. The predicted octanol–water partition coefficient (Wildman–Crippen LogP) is 1.93. The van der Waals surface area contributed by atoms with Crippen LogP contribution in [-0.4, -0.2) is 73.2 Å². The van der Waals surface area contributed by atoms with E-state index in [1.165, 1.54) is 65.1 Å². The van der Waals surface area contributed by atoms with Crippen LogP contribution in [0.4, 0.5) is 17.6 Å². The molecule has 0 spiro atoms. The number of rotatable bonds is 10. The zero-order chi connectivity index (χ0) is 33.5. The van der Waals surface area contributed by atoms with E-state index in [4.69, 9.17) is 11.6 Å². The zero-order valence-electron chi connectivity index (χ0n) is 25.5. The summed E-state index contributed by atoms with van der Waals surface area (Å²) in [4.78, 5) is 13.4. The van der Waals surface area contributed by atoms with Crippen LogP contribution in [0.3, 0.4) is 0 Å². The summed E-state index contributed by atoms with van der Waals surface area (Å²) in [6.45, 7) is 1.07. The Labute approximate surface area is 268 Å². The number of fused-ring (bicyclic) bond motifs is 1. The van der Waals surface area contributed by atoms with Crippen molar-refractivity contribution in [3.63, 3.8) is 0 Å². The van der Waals surface area contributed by atoms with Crippen LogP contribution < -0.4 is 5.32 Å². The van der Waals surface area contributed by atoms with Gasteiger partial charge in [0.25, 0.3) is 5.91 Å². The molecule has 0 radical (unpaired) electrons. The molecule has 0 saturated heterocycles. The fourth-order valence-corrected chi connectivity index (χ4v) is 6.24. The number of aliphatic hydroxyl groups excluding tert-OH is 1. The van der Waals surface area contributed by atoms with E-state index in [1.807, 2.05) is 0 Å². The Bertz CT molecular complexity index is 1840. The van der Waals surface area contributed by atoms with Crippen LogP contribution >= 0.6 is 11.6 Å². The Morgan fingerprint density at radius 2 is 1.62 bits per heavy atom. The standard InChI is InChI=1S/C29H31B4ClF4N2O4S/c1-2-45(43,44)22-8-4-16(5-9-22)24(15-41)39-26(42)18-6-10-25-19(11-18)13-21(40(25)29(32,33)28(30,31)38)12-17-3-7-20(34)14-23(17)27(35,36)37/h3-11,13-14,24,41H,2,12,15,30-33H2,1H3,(H,39,42)/t24-/m0/s1. The first-order valence-corrected chi connectivity index (χ1v) is 16.3. The van der Waals surface area contributed by atoms with Crippen molar-refractivity contribution in [2.75, 3.05) is 12.4 Å². The molecule has 0 bridgehead atoms. The predicted molar refractivity (Wildman–Crippen MR) is 179 cm³/mol. The van der Waals surface area contributed by atoms with E-state index in [2.05, 4.69) is 5.32 Å². The number of carbonyl (C=O) groups excluding carboxylic acids is 1. The normalized spacial score (nSPS) is 13.6. The van der Waals surface area contributed by atoms with Crippen molar-refractivity contribution < 1.29 is 35.9 Å². The third kappa shape index (κ3) is 7.15. The minimum atomic E-state index is -4.66. The lowest BCUT2D eigenvalue weighted by Gasteiger charge is -2.40. The van der Waals surface area contributed by atoms with E-state index >= 15 is 4.39 Å². The maximum Gasteiger partial charge on any atom is 0.416 e. The van der Waals surface area contributed by atoms with Crippen molar-refractivity contribution in [3.8, 4) is 0 Å². The average Bonchev–Trinajstić information content (AvgIpc) is 3.33. The fourth-order valence-electron chi connectivity index (χ4n) is 5.18. The molecule has 45 heavy (non-hydrogen) atoms.